The van der Waals surface area contributed by atoms with Crippen LogP contribution in [0.2, 0.25) is 0 Å². The van der Waals surface area contributed by atoms with Gasteiger partial charge in [0, 0.05) is 17.8 Å². The first-order chi connectivity index (χ1) is 9.11. The lowest BCUT2D eigenvalue weighted by Crippen LogP contribution is -2.43. The Hall–Kier alpha value is -1.70. The number of ether oxygens (including phenoxy) is 2. The van der Waals surface area contributed by atoms with Gasteiger partial charge in [0.05, 0.1) is 12.5 Å². The molecule has 7 heteroatoms. The predicted molar refractivity (Wildman–Crippen MR) is 69.1 cm³/mol. The highest BCUT2D eigenvalue weighted by atomic mass is 16.8. The van der Waals surface area contributed by atoms with E-state index in [0.717, 1.165) is 0 Å². The zero-order valence-corrected chi connectivity index (χ0v) is 11.6. The van der Waals surface area contributed by atoms with Crippen molar-refractivity contribution in [3.8, 4) is 0 Å². The average Bonchev–Trinajstić information content (AvgIpc) is 2.27. The summed E-state index contributed by atoms with van der Waals surface area (Å²) < 4.78 is 9.26. The predicted octanol–water partition coefficient (Wildman–Crippen LogP) is 0.00450. The lowest BCUT2D eigenvalue weighted by Gasteiger charge is -2.28. The van der Waals surface area contributed by atoms with Gasteiger partial charge >= 0.3 is 17.9 Å². The lowest BCUT2D eigenvalue weighted by atomic mass is 10.1. The Bertz CT molecular complexity index is 372. The van der Waals surface area contributed by atoms with Crippen LogP contribution in [0.5, 0.6) is 0 Å². The molecule has 0 spiro atoms. The molecular weight excluding hydrogens is 268 g/mol. The van der Waals surface area contributed by atoms with Crippen molar-refractivity contribution >= 4 is 11.9 Å². The Morgan fingerprint density at radius 1 is 1.15 bits per heavy atom. The molecule has 114 valence electrons. The molecule has 0 radical (unpaired) electrons. The molecule has 1 unspecified atom stereocenters. The topological polar surface area (TPSA) is 113 Å². The van der Waals surface area contributed by atoms with Gasteiger partial charge in [-0.2, -0.15) is 0 Å². The SMILES string of the molecule is C=C(C)C(=O)OC(O)(CC(O)CCO)OC(=O)C(=C)C. The van der Waals surface area contributed by atoms with E-state index in [-0.39, 0.29) is 24.2 Å². The molecule has 0 fully saturated rings. The van der Waals surface area contributed by atoms with Crippen LogP contribution in [0.15, 0.2) is 24.3 Å². The van der Waals surface area contributed by atoms with Gasteiger partial charge in [0.15, 0.2) is 0 Å². The molecule has 0 saturated carbocycles. The van der Waals surface area contributed by atoms with Gasteiger partial charge in [-0.15, -0.1) is 0 Å². The van der Waals surface area contributed by atoms with E-state index < -0.39 is 30.4 Å². The summed E-state index contributed by atoms with van der Waals surface area (Å²) in [5, 5.41) is 28.3. The molecule has 0 aromatic heterocycles. The van der Waals surface area contributed by atoms with Gasteiger partial charge in [-0.1, -0.05) is 13.2 Å². The minimum Gasteiger partial charge on any atom is -0.396 e. The maximum absolute atomic E-state index is 11.4. The van der Waals surface area contributed by atoms with Crippen molar-refractivity contribution in [2.24, 2.45) is 0 Å². The first-order valence-electron chi connectivity index (χ1n) is 5.90. The summed E-state index contributed by atoms with van der Waals surface area (Å²) in [5.74, 6) is -4.63. The van der Waals surface area contributed by atoms with Gasteiger partial charge in [-0.25, -0.2) is 9.59 Å². The first-order valence-corrected chi connectivity index (χ1v) is 5.90. The average molecular weight is 288 g/mol. The van der Waals surface area contributed by atoms with Crippen LogP contribution in [-0.4, -0.2) is 45.9 Å². The van der Waals surface area contributed by atoms with E-state index in [1.54, 1.807) is 0 Å². The molecule has 7 nitrogen and oxygen atoms in total. The van der Waals surface area contributed by atoms with E-state index in [4.69, 9.17) is 5.11 Å². The molecule has 0 bridgehead atoms. The Morgan fingerprint density at radius 3 is 1.85 bits per heavy atom. The summed E-state index contributed by atoms with van der Waals surface area (Å²) in [6, 6.07) is 0. The van der Waals surface area contributed by atoms with Crippen molar-refractivity contribution in [3.63, 3.8) is 0 Å². The van der Waals surface area contributed by atoms with E-state index >= 15 is 0 Å². The summed E-state index contributed by atoms with van der Waals surface area (Å²) in [6.07, 6.45) is -1.93. The van der Waals surface area contributed by atoms with Crippen LogP contribution in [0.25, 0.3) is 0 Å². The van der Waals surface area contributed by atoms with Crippen LogP contribution in [0.3, 0.4) is 0 Å². The summed E-state index contributed by atoms with van der Waals surface area (Å²) in [6.45, 7) is 8.98. The number of esters is 2. The lowest BCUT2D eigenvalue weighted by molar-refractivity contribution is -0.331. The van der Waals surface area contributed by atoms with E-state index in [1.807, 2.05) is 0 Å². The third kappa shape index (κ3) is 6.46. The Balaban J connectivity index is 5.01. The van der Waals surface area contributed by atoms with Crippen molar-refractivity contribution in [2.75, 3.05) is 6.61 Å². The van der Waals surface area contributed by atoms with Gasteiger partial charge in [0.1, 0.15) is 0 Å². The number of aliphatic hydroxyl groups excluding tert-OH is 2. The quantitative estimate of drug-likeness (QED) is 0.327. The molecule has 0 aliphatic carbocycles. The van der Waals surface area contributed by atoms with Gasteiger partial charge in [0.25, 0.3) is 0 Å². The molecular formula is C13H20O7. The molecule has 0 saturated heterocycles. The normalized spacial score (nSPS) is 12.4. The molecule has 0 aromatic rings. The zero-order valence-electron chi connectivity index (χ0n) is 11.6. The molecule has 0 heterocycles. The molecule has 1 atom stereocenters. The monoisotopic (exact) mass is 288 g/mol. The Labute approximate surface area is 117 Å². The van der Waals surface area contributed by atoms with Crippen molar-refractivity contribution < 1.29 is 34.4 Å². The van der Waals surface area contributed by atoms with E-state index in [2.05, 4.69) is 22.6 Å². The zero-order chi connectivity index (χ0) is 15.9. The Morgan fingerprint density at radius 2 is 1.55 bits per heavy atom. The van der Waals surface area contributed by atoms with Crippen LogP contribution >= 0.6 is 0 Å². The second-order valence-electron chi connectivity index (χ2n) is 4.42. The van der Waals surface area contributed by atoms with Crippen LogP contribution < -0.4 is 0 Å². The third-order valence-electron chi connectivity index (χ3n) is 2.16. The molecule has 0 aromatic carbocycles. The summed E-state index contributed by atoms with van der Waals surface area (Å²) in [4.78, 5) is 22.8. The van der Waals surface area contributed by atoms with Crippen molar-refractivity contribution in [2.45, 2.75) is 38.8 Å². The van der Waals surface area contributed by atoms with E-state index in [0.29, 0.717) is 0 Å². The minimum atomic E-state index is -2.65. The van der Waals surface area contributed by atoms with Crippen LogP contribution in [0.4, 0.5) is 0 Å². The molecule has 0 rings (SSSR count). The molecule has 0 aliphatic heterocycles. The van der Waals surface area contributed by atoms with Crippen LogP contribution in [0.1, 0.15) is 26.7 Å². The highest BCUT2D eigenvalue weighted by Crippen LogP contribution is 2.21. The van der Waals surface area contributed by atoms with E-state index in [1.165, 1.54) is 13.8 Å². The number of hydrogen-bond acceptors (Lipinski definition) is 7. The fourth-order valence-corrected chi connectivity index (χ4v) is 1.12. The van der Waals surface area contributed by atoms with Gasteiger partial charge < -0.3 is 24.8 Å². The van der Waals surface area contributed by atoms with Crippen LogP contribution in [0, 0.1) is 0 Å². The summed E-state index contributed by atoms with van der Waals surface area (Å²) in [7, 11) is 0. The van der Waals surface area contributed by atoms with Gasteiger partial charge in [-0.3, -0.25) is 0 Å². The third-order valence-corrected chi connectivity index (χ3v) is 2.16. The standard InChI is InChI=1S/C13H20O7/c1-8(2)11(16)19-13(18,7-10(15)5-6-14)20-12(17)9(3)4/h10,14-15,18H,1,3,5-7H2,2,4H3. The van der Waals surface area contributed by atoms with Gasteiger partial charge in [0.2, 0.25) is 0 Å². The molecule has 0 aliphatic rings. The number of hydrogen-bond donors (Lipinski definition) is 3. The summed E-state index contributed by atoms with van der Waals surface area (Å²) >= 11 is 0. The second-order valence-corrected chi connectivity index (χ2v) is 4.42. The van der Waals surface area contributed by atoms with Crippen molar-refractivity contribution in [1.82, 2.24) is 0 Å². The second kappa shape index (κ2) is 7.78. The first kappa shape index (κ1) is 18.3. The van der Waals surface area contributed by atoms with E-state index in [9.17, 15) is 19.8 Å². The fraction of sp³-hybridized carbons (Fsp3) is 0.538. The number of rotatable bonds is 8. The highest BCUT2D eigenvalue weighted by Gasteiger charge is 2.39. The van der Waals surface area contributed by atoms with Crippen LogP contribution in [-0.2, 0) is 19.1 Å². The summed E-state index contributed by atoms with van der Waals surface area (Å²) in [5.41, 5.74) is -0.0436. The van der Waals surface area contributed by atoms with Crippen molar-refractivity contribution in [1.29, 1.82) is 0 Å². The number of carbonyl (C=O) groups excluding carboxylic acids is 2. The largest absolute Gasteiger partial charge is 0.396 e. The number of aliphatic hydroxyl groups is 3. The fourth-order valence-electron chi connectivity index (χ4n) is 1.12. The Kier molecular flexibility index (Phi) is 7.12. The maximum atomic E-state index is 11.4. The maximum Gasteiger partial charge on any atom is 0.376 e. The van der Waals surface area contributed by atoms with Gasteiger partial charge in [-0.05, 0) is 20.3 Å². The van der Waals surface area contributed by atoms with Crippen molar-refractivity contribution in [3.05, 3.63) is 24.3 Å². The minimum absolute atomic E-state index is 0.0218. The smallest absolute Gasteiger partial charge is 0.376 e. The molecule has 20 heavy (non-hydrogen) atoms. The highest BCUT2D eigenvalue weighted by molar-refractivity contribution is 5.88. The molecule has 3 N–H and O–H groups in total. The molecule has 0 amide bonds. The number of carbonyl (C=O) groups is 2.